The van der Waals surface area contributed by atoms with Gasteiger partial charge >= 0.3 is 6.09 Å². The van der Waals surface area contributed by atoms with Crippen LogP contribution < -0.4 is 25.4 Å². The summed E-state index contributed by atoms with van der Waals surface area (Å²) in [5.74, 6) is 0.831. The highest BCUT2D eigenvalue weighted by molar-refractivity contribution is 7.12. The third-order valence-corrected chi connectivity index (χ3v) is 5.39. The van der Waals surface area contributed by atoms with E-state index in [1.54, 1.807) is 13.3 Å². The number of carbonyl (C=O) groups excluding carboxylic acids is 1. The number of aromatic nitrogens is 2. The van der Waals surface area contributed by atoms with Crippen molar-refractivity contribution >= 4 is 39.8 Å². The largest absolute Gasteiger partial charge is 0.497 e. The summed E-state index contributed by atoms with van der Waals surface area (Å²) in [4.78, 5) is 19.5. The van der Waals surface area contributed by atoms with E-state index in [4.69, 9.17) is 9.47 Å². The Kier molecular flexibility index (Phi) is 6.65. The molecule has 0 spiro atoms. The van der Waals surface area contributed by atoms with Crippen molar-refractivity contribution in [1.82, 2.24) is 20.6 Å². The molecule has 0 aliphatic rings. The van der Waals surface area contributed by atoms with Crippen molar-refractivity contribution in [3.05, 3.63) is 65.8 Å². The number of rotatable bonds is 9. The Balaban J connectivity index is 1.23. The van der Waals surface area contributed by atoms with Gasteiger partial charge in [-0.1, -0.05) is 12.1 Å². The minimum absolute atomic E-state index is 0.456. The molecule has 0 aliphatic carbocycles. The molecule has 9 heteroatoms. The van der Waals surface area contributed by atoms with E-state index in [0.717, 1.165) is 33.7 Å². The SMILES string of the molecule is COc1ccc(CNCCNC(=O)Oc2sccc2Nc2ccnc3[nH]ccc23)cc1. The third kappa shape index (κ3) is 5.33. The van der Waals surface area contributed by atoms with E-state index in [2.05, 4.69) is 25.9 Å². The van der Waals surface area contributed by atoms with E-state index in [0.29, 0.717) is 24.7 Å². The number of hydrogen-bond donors (Lipinski definition) is 4. The quantitative estimate of drug-likeness (QED) is 0.292. The molecule has 0 atom stereocenters. The predicted octanol–water partition coefficient (Wildman–Crippen LogP) is 4.25. The van der Waals surface area contributed by atoms with Crippen LogP contribution in [0, 0.1) is 0 Å². The number of aromatic amines is 1. The fourth-order valence-corrected chi connectivity index (χ4v) is 3.73. The molecule has 31 heavy (non-hydrogen) atoms. The van der Waals surface area contributed by atoms with Crippen LogP contribution in [0.3, 0.4) is 0 Å². The lowest BCUT2D eigenvalue weighted by atomic mass is 10.2. The fraction of sp³-hybridized carbons (Fsp3) is 0.182. The maximum atomic E-state index is 12.2. The predicted molar refractivity (Wildman–Crippen MR) is 122 cm³/mol. The van der Waals surface area contributed by atoms with Gasteiger partial charge < -0.3 is 30.4 Å². The molecule has 0 unspecified atom stereocenters. The molecule has 1 amide bonds. The number of anilines is 2. The van der Waals surface area contributed by atoms with Gasteiger partial charge in [-0.25, -0.2) is 9.78 Å². The Morgan fingerprint density at radius 1 is 1.10 bits per heavy atom. The summed E-state index contributed by atoms with van der Waals surface area (Å²) < 4.78 is 10.6. The molecule has 0 fully saturated rings. The Hall–Kier alpha value is -3.56. The van der Waals surface area contributed by atoms with Crippen LogP contribution in [0.5, 0.6) is 10.8 Å². The van der Waals surface area contributed by atoms with Gasteiger partial charge in [-0.05, 0) is 41.3 Å². The molecule has 0 bridgehead atoms. The molecule has 1 aromatic carbocycles. The Morgan fingerprint density at radius 3 is 2.81 bits per heavy atom. The van der Waals surface area contributed by atoms with Crippen molar-refractivity contribution in [3.8, 4) is 10.8 Å². The first-order valence-electron chi connectivity index (χ1n) is 9.79. The topological polar surface area (TPSA) is 100 Å². The van der Waals surface area contributed by atoms with E-state index < -0.39 is 6.09 Å². The normalized spacial score (nSPS) is 10.7. The van der Waals surface area contributed by atoms with Crippen LogP contribution in [-0.4, -0.2) is 36.3 Å². The molecular weight excluding hydrogens is 414 g/mol. The summed E-state index contributed by atoms with van der Waals surface area (Å²) in [6.45, 7) is 1.79. The summed E-state index contributed by atoms with van der Waals surface area (Å²) in [6, 6.07) is 13.6. The summed E-state index contributed by atoms with van der Waals surface area (Å²) in [5.41, 5.74) is 3.55. The molecule has 0 aliphatic heterocycles. The smallest absolute Gasteiger partial charge is 0.413 e. The van der Waals surface area contributed by atoms with E-state index in [-0.39, 0.29) is 0 Å². The van der Waals surface area contributed by atoms with Gasteiger partial charge in [0.2, 0.25) is 5.06 Å². The maximum absolute atomic E-state index is 12.2. The van der Waals surface area contributed by atoms with Crippen LogP contribution in [0.2, 0.25) is 0 Å². The van der Waals surface area contributed by atoms with Crippen molar-refractivity contribution in [2.75, 3.05) is 25.5 Å². The minimum Gasteiger partial charge on any atom is -0.497 e. The average molecular weight is 438 g/mol. The molecule has 160 valence electrons. The number of nitrogens with one attached hydrogen (secondary N) is 4. The summed E-state index contributed by atoms with van der Waals surface area (Å²) in [7, 11) is 1.65. The van der Waals surface area contributed by atoms with Gasteiger partial charge in [0, 0.05) is 37.4 Å². The van der Waals surface area contributed by atoms with Crippen LogP contribution in [0.15, 0.2) is 60.2 Å². The fourth-order valence-electron chi connectivity index (χ4n) is 3.03. The third-order valence-electron chi connectivity index (χ3n) is 4.60. The number of H-pyrrole nitrogens is 1. The van der Waals surface area contributed by atoms with E-state index >= 15 is 0 Å². The molecule has 4 N–H and O–H groups in total. The summed E-state index contributed by atoms with van der Waals surface area (Å²) in [5, 5.41) is 12.7. The molecule has 3 heterocycles. The van der Waals surface area contributed by atoms with Gasteiger partial charge in [0.1, 0.15) is 11.4 Å². The number of benzene rings is 1. The van der Waals surface area contributed by atoms with Crippen molar-refractivity contribution in [2.45, 2.75) is 6.54 Å². The highest BCUT2D eigenvalue weighted by Crippen LogP contribution is 2.35. The molecule has 4 rings (SSSR count). The minimum atomic E-state index is -0.488. The van der Waals surface area contributed by atoms with Crippen LogP contribution >= 0.6 is 11.3 Å². The van der Waals surface area contributed by atoms with Gasteiger partial charge in [0.15, 0.2) is 0 Å². The number of carbonyl (C=O) groups is 1. The number of thiophene rings is 1. The maximum Gasteiger partial charge on any atom is 0.413 e. The van der Waals surface area contributed by atoms with Crippen LogP contribution in [0.4, 0.5) is 16.2 Å². The lowest BCUT2D eigenvalue weighted by molar-refractivity contribution is 0.202. The van der Waals surface area contributed by atoms with Gasteiger partial charge in [-0.3, -0.25) is 0 Å². The standard InChI is InChI=1S/C22H23N5O3S/c1-29-16-4-2-15(3-5-16)14-23-11-12-26-22(28)30-21-19(8-13-31-21)27-18-7-10-25-20-17(18)6-9-24-20/h2-10,13,23H,11-12,14H2,1H3,(H,26,28)(H2,24,25,27). The molecule has 4 aromatic rings. The van der Waals surface area contributed by atoms with Gasteiger partial charge in [0.25, 0.3) is 0 Å². The Bertz CT molecular complexity index is 1140. The molecule has 0 radical (unpaired) electrons. The first kappa shape index (κ1) is 20.7. The number of fused-ring (bicyclic) bond motifs is 1. The lowest BCUT2D eigenvalue weighted by Crippen LogP contribution is -2.33. The average Bonchev–Trinajstić information content (AvgIpc) is 3.44. The van der Waals surface area contributed by atoms with Gasteiger partial charge in [-0.2, -0.15) is 0 Å². The van der Waals surface area contributed by atoms with Gasteiger partial charge in [0.05, 0.1) is 18.5 Å². The Labute approximate surface area is 183 Å². The Morgan fingerprint density at radius 2 is 1.97 bits per heavy atom. The monoisotopic (exact) mass is 437 g/mol. The zero-order valence-corrected chi connectivity index (χ0v) is 17.8. The van der Waals surface area contributed by atoms with Crippen LogP contribution in [0.25, 0.3) is 11.0 Å². The molecular formula is C22H23N5O3S. The number of methoxy groups -OCH3 is 1. The molecule has 8 nitrogen and oxygen atoms in total. The van der Waals surface area contributed by atoms with Crippen LogP contribution in [0.1, 0.15) is 5.56 Å². The summed E-state index contributed by atoms with van der Waals surface area (Å²) in [6.07, 6.45) is 3.07. The zero-order valence-electron chi connectivity index (χ0n) is 17.0. The second-order valence-electron chi connectivity index (χ2n) is 6.69. The number of amides is 1. The van der Waals surface area contributed by atoms with Crippen LogP contribution in [-0.2, 0) is 6.54 Å². The first-order chi connectivity index (χ1) is 15.2. The van der Waals surface area contributed by atoms with E-state index in [1.165, 1.54) is 11.3 Å². The van der Waals surface area contributed by atoms with Gasteiger partial charge in [-0.15, -0.1) is 11.3 Å². The zero-order chi connectivity index (χ0) is 21.5. The second kappa shape index (κ2) is 9.96. The van der Waals surface area contributed by atoms with E-state index in [1.807, 2.05) is 54.0 Å². The lowest BCUT2D eigenvalue weighted by Gasteiger charge is -2.10. The number of nitrogens with zero attached hydrogens (tertiary/aromatic N) is 1. The highest BCUT2D eigenvalue weighted by atomic mass is 32.1. The molecule has 3 aromatic heterocycles. The summed E-state index contributed by atoms with van der Waals surface area (Å²) >= 11 is 1.35. The molecule has 0 saturated heterocycles. The number of ether oxygens (including phenoxy) is 2. The molecule has 0 saturated carbocycles. The number of pyridine rings is 1. The second-order valence-corrected chi connectivity index (χ2v) is 7.57. The number of hydrogen-bond acceptors (Lipinski definition) is 7. The first-order valence-corrected chi connectivity index (χ1v) is 10.7. The van der Waals surface area contributed by atoms with Crippen molar-refractivity contribution < 1.29 is 14.3 Å². The van der Waals surface area contributed by atoms with Crippen molar-refractivity contribution in [1.29, 1.82) is 0 Å². The van der Waals surface area contributed by atoms with Crippen molar-refractivity contribution in [2.24, 2.45) is 0 Å². The van der Waals surface area contributed by atoms with E-state index in [9.17, 15) is 4.79 Å². The highest BCUT2D eigenvalue weighted by Gasteiger charge is 2.12. The van der Waals surface area contributed by atoms with Crippen molar-refractivity contribution in [3.63, 3.8) is 0 Å².